The van der Waals surface area contributed by atoms with E-state index in [1.807, 2.05) is 7.05 Å². The Morgan fingerprint density at radius 3 is 2.52 bits per heavy atom. The highest BCUT2D eigenvalue weighted by atomic mass is 16.5. The van der Waals surface area contributed by atoms with Gasteiger partial charge in [-0.05, 0) is 31.6 Å². The van der Waals surface area contributed by atoms with Gasteiger partial charge < -0.3 is 20.1 Å². The highest BCUT2D eigenvalue weighted by Gasteiger charge is 2.36. The van der Waals surface area contributed by atoms with Crippen molar-refractivity contribution in [2.75, 3.05) is 26.8 Å². The number of carbonyl (C=O) groups is 1. The molecule has 0 aromatic heterocycles. The molecule has 0 aliphatic carbocycles. The van der Waals surface area contributed by atoms with Gasteiger partial charge in [0, 0.05) is 58.2 Å². The molecule has 120 valence electrons. The lowest BCUT2D eigenvalue weighted by molar-refractivity contribution is -0.138. The molecule has 5 nitrogen and oxygen atoms in total. The second kappa shape index (κ2) is 6.23. The van der Waals surface area contributed by atoms with E-state index in [2.05, 4.69) is 5.32 Å². The molecule has 2 bridgehead atoms. The normalized spacial score (nSPS) is 34.7. The van der Waals surface area contributed by atoms with Gasteiger partial charge in [-0.15, -0.1) is 0 Å². The number of fused-ring (bicyclic) bond motifs is 2. The quantitative estimate of drug-likeness (QED) is 0.809. The Kier molecular flexibility index (Phi) is 4.52. The van der Waals surface area contributed by atoms with E-state index >= 15 is 0 Å². The van der Waals surface area contributed by atoms with Crippen molar-refractivity contribution >= 4 is 5.91 Å². The number of hydrogen-bond acceptors (Lipinski definition) is 4. The predicted octanol–water partition coefficient (Wildman–Crippen LogP) is 0.907. The first kappa shape index (κ1) is 15.3. The van der Waals surface area contributed by atoms with Crippen LogP contribution in [0.5, 0.6) is 0 Å². The molecule has 2 unspecified atom stereocenters. The number of amides is 1. The van der Waals surface area contributed by atoms with Gasteiger partial charge in [0.25, 0.3) is 0 Å². The highest BCUT2D eigenvalue weighted by Crippen LogP contribution is 2.33. The number of ether oxygens (including phenoxy) is 1. The summed E-state index contributed by atoms with van der Waals surface area (Å²) < 4.78 is 5.29. The van der Waals surface area contributed by atoms with E-state index < -0.39 is 5.60 Å². The van der Waals surface area contributed by atoms with Gasteiger partial charge in [0.2, 0.25) is 5.91 Å². The SMILES string of the molecule is CN(CC1(O)CCOCC1)C(=O)CC1CC2CCC(C1)N2. The molecule has 0 aromatic carbocycles. The maximum absolute atomic E-state index is 12.4. The van der Waals surface area contributed by atoms with Crippen molar-refractivity contribution < 1.29 is 14.6 Å². The lowest BCUT2D eigenvalue weighted by Crippen LogP contribution is -2.48. The van der Waals surface area contributed by atoms with E-state index in [4.69, 9.17) is 4.74 Å². The van der Waals surface area contributed by atoms with Crippen LogP contribution < -0.4 is 5.32 Å². The largest absolute Gasteiger partial charge is 0.388 e. The maximum atomic E-state index is 12.4. The zero-order chi connectivity index (χ0) is 14.9. The number of nitrogens with one attached hydrogen (secondary N) is 1. The van der Waals surface area contributed by atoms with Gasteiger partial charge in [0.15, 0.2) is 0 Å². The van der Waals surface area contributed by atoms with Crippen molar-refractivity contribution in [3.8, 4) is 0 Å². The van der Waals surface area contributed by atoms with Crippen molar-refractivity contribution in [3.05, 3.63) is 0 Å². The van der Waals surface area contributed by atoms with Crippen LogP contribution in [0.3, 0.4) is 0 Å². The van der Waals surface area contributed by atoms with Gasteiger partial charge in [-0.25, -0.2) is 0 Å². The molecule has 2 N–H and O–H groups in total. The summed E-state index contributed by atoms with van der Waals surface area (Å²) >= 11 is 0. The summed E-state index contributed by atoms with van der Waals surface area (Å²) in [5, 5.41) is 14.1. The zero-order valence-corrected chi connectivity index (χ0v) is 13.0. The first-order valence-electron chi connectivity index (χ1n) is 8.34. The Bertz CT molecular complexity index is 370. The first-order valence-corrected chi connectivity index (χ1v) is 8.34. The number of rotatable bonds is 4. The molecule has 0 spiro atoms. The van der Waals surface area contributed by atoms with Gasteiger partial charge >= 0.3 is 0 Å². The van der Waals surface area contributed by atoms with Crippen molar-refractivity contribution in [1.29, 1.82) is 0 Å². The third kappa shape index (κ3) is 3.76. The predicted molar refractivity (Wildman–Crippen MR) is 79.9 cm³/mol. The molecule has 3 aliphatic rings. The minimum absolute atomic E-state index is 0.182. The number of carbonyl (C=O) groups excluding carboxylic acids is 1. The van der Waals surface area contributed by atoms with E-state index in [9.17, 15) is 9.90 Å². The summed E-state index contributed by atoms with van der Waals surface area (Å²) in [5.41, 5.74) is -0.754. The van der Waals surface area contributed by atoms with E-state index in [1.54, 1.807) is 4.90 Å². The van der Waals surface area contributed by atoms with Crippen LogP contribution in [0.2, 0.25) is 0 Å². The third-order valence-corrected chi connectivity index (χ3v) is 5.41. The fourth-order valence-electron chi connectivity index (χ4n) is 4.18. The number of likely N-dealkylation sites (N-methyl/N-ethyl adjacent to an activating group) is 1. The number of hydrogen-bond donors (Lipinski definition) is 2. The fourth-order valence-corrected chi connectivity index (χ4v) is 4.18. The number of piperidine rings is 1. The molecule has 0 radical (unpaired) electrons. The van der Waals surface area contributed by atoms with Crippen LogP contribution in [0.4, 0.5) is 0 Å². The van der Waals surface area contributed by atoms with Crippen LogP contribution >= 0.6 is 0 Å². The molecule has 3 heterocycles. The van der Waals surface area contributed by atoms with Crippen LogP contribution in [0, 0.1) is 5.92 Å². The Morgan fingerprint density at radius 1 is 1.29 bits per heavy atom. The molecule has 0 saturated carbocycles. The standard InChI is InChI=1S/C16H28N2O3/c1-18(11-16(20)4-6-21-7-5-16)15(19)10-12-8-13-2-3-14(9-12)17-13/h12-14,17,20H,2-11H2,1H3. The molecule has 3 fully saturated rings. The lowest BCUT2D eigenvalue weighted by Gasteiger charge is -2.36. The molecule has 3 saturated heterocycles. The Balaban J connectivity index is 1.48. The minimum atomic E-state index is -0.754. The molecule has 5 heteroatoms. The van der Waals surface area contributed by atoms with Gasteiger partial charge in [-0.3, -0.25) is 4.79 Å². The van der Waals surface area contributed by atoms with Crippen LogP contribution in [0.15, 0.2) is 0 Å². The molecule has 3 rings (SSSR count). The van der Waals surface area contributed by atoms with Crippen molar-refractivity contribution in [1.82, 2.24) is 10.2 Å². The van der Waals surface area contributed by atoms with Gasteiger partial charge in [0.05, 0.1) is 5.60 Å². The van der Waals surface area contributed by atoms with Gasteiger partial charge in [-0.1, -0.05) is 0 Å². The monoisotopic (exact) mass is 296 g/mol. The van der Waals surface area contributed by atoms with Crippen LogP contribution in [-0.2, 0) is 9.53 Å². The second-order valence-electron chi connectivity index (χ2n) is 7.27. The topological polar surface area (TPSA) is 61.8 Å². The summed E-state index contributed by atoms with van der Waals surface area (Å²) in [4.78, 5) is 14.2. The lowest BCUT2D eigenvalue weighted by atomic mass is 9.89. The third-order valence-electron chi connectivity index (χ3n) is 5.41. The minimum Gasteiger partial charge on any atom is -0.388 e. The number of aliphatic hydroxyl groups is 1. The zero-order valence-electron chi connectivity index (χ0n) is 13.0. The number of nitrogens with zero attached hydrogens (tertiary/aromatic N) is 1. The molecular formula is C16H28N2O3. The molecule has 1 amide bonds. The van der Waals surface area contributed by atoms with Gasteiger partial charge in [-0.2, -0.15) is 0 Å². The Hall–Kier alpha value is -0.650. The van der Waals surface area contributed by atoms with E-state index in [-0.39, 0.29) is 5.91 Å². The smallest absolute Gasteiger partial charge is 0.222 e. The van der Waals surface area contributed by atoms with E-state index in [1.165, 1.54) is 12.8 Å². The molecular weight excluding hydrogens is 268 g/mol. The molecule has 0 aromatic rings. The Labute approximate surface area is 127 Å². The van der Waals surface area contributed by atoms with E-state index in [0.717, 1.165) is 12.8 Å². The summed E-state index contributed by atoms with van der Waals surface area (Å²) in [7, 11) is 1.82. The van der Waals surface area contributed by atoms with Crippen LogP contribution in [0.25, 0.3) is 0 Å². The summed E-state index contributed by atoms with van der Waals surface area (Å²) in [6, 6.07) is 1.26. The van der Waals surface area contributed by atoms with Crippen LogP contribution in [-0.4, -0.2) is 60.4 Å². The van der Waals surface area contributed by atoms with Gasteiger partial charge in [0.1, 0.15) is 0 Å². The average molecular weight is 296 g/mol. The van der Waals surface area contributed by atoms with Crippen molar-refractivity contribution in [2.45, 2.75) is 62.6 Å². The highest BCUT2D eigenvalue weighted by molar-refractivity contribution is 5.76. The summed E-state index contributed by atoms with van der Waals surface area (Å²) in [6.45, 7) is 1.62. The fraction of sp³-hybridized carbons (Fsp3) is 0.938. The first-order chi connectivity index (χ1) is 10.0. The van der Waals surface area contributed by atoms with E-state index in [0.29, 0.717) is 57.0 Å². The molecule has 2 atom stereocenters. The van der Waals surface area contributed by atoms with Crippen LogP contribution in [0.1, 0.15) is 44.9 Å². The maximum Gasteiger partial charge on any atom is 0.222 e. The summed E-state index contributed by atoms with van der Waals surface area (Å²) in [6.07, 6.45) is 6.69. The van der Waals surface area contributed by atoms with Crippen molar-refractivity contribution in [3.63, 3.8) is 0 Å². The second-order valence-corrected chi connectivity index (χ2v) is 7.27. The molecule has 21 heavy (non-hydrogen) atoms. The summed E-state index contributed by atoms with van der Waals surface area (Å²) in [5.74, 6) is 0.698. The molecule has 3 aliphatic heterocycles. The van der Waals surface area contributed by atoms with Crippen molar-refractivity contribution in [2.24, 2.45) is 5.92 Å². The average Bonchev–Trinajstić information content (AvgIpc) is 2.78. The Morgan fingerprint density at radius 2 is 1.90 bits per heavy atom.